The molecule has 4 rings (SSSR count). The average molecular weight is 284 g/mol. The Morgan fingerprint density at radius 2 is 2.00 bits per heavy atom. The van der Waals surface area contributed by atoms with Crippen LogP contribution in [0.3, 0.4) is 0 Å². The molecular weight excluding hydrogens is 268 g/mol. The average Bonchev–Trinajstić information content (AvgIpc) is 2.97. The number of para-hydroxylation sites is 1. The number of carbonyl (C=O) groups is 1. The van der Waals surface area contributed by atoms with E-state index in [1.807, 2.05) is 24.3 Å². The van der Waals surface area contributed by atoms with Crippen LogP contribution in [0.2, 0.25) is 0 Å². The molecule has 1 saturated heterocycles. The second kappa shape index (κ2) is 4.36. The second-order valence-electron chi connectivity index (χ2n) is 5.77. The van der Waals surface area contributed by atoms with E-state index in [1.54, 1.807) is 4.68 Å². The minimum absolute atomic E-state index is 0.0672. The molecule has 2 aromatic rings. The summed E-state index contributed by atoms with van der Waals surface area (Å²) in [6.07, 6.45) is 1.62. The van der Waals surface area contributed by atoms with Gasteiger partial charge in [-0.2, -0.15) is 4.68 Å². The Morgan fingerprint density at radius 1 is 1.24 bits per heavy atom. The van der Waals surface area contributed by atoms with Gasteiger partial charge in [0.05, 0.1) is 11.3 Å². The predicted molar refractivity (Wildman–Crippen MR) is 75.0 cm³/mol. The number of piperidine rings is 1. The highest BCUT2D eigenvalue weighted by atomic mass is 16.2. The molecule has 1 spiro atoms. The van der Waals surface area contributed by atoms with Crippen LogP contribution in [-0.4, -0.2) is 51.2 Å². The largest absolute Gasteiger partial charge is 0.339 e. The van der Waals surface area contributed by atoms with Crippen molar-refractivity contribution >= 4 is 5.91 Å². The van der Waals surface area contributed by atoms with E-state index in [0.717, 1.165) is 37.4 Å². The molecular formula is C14H16N6O. The van der Waals surface area contributed by atoms with Gasteiger partial charge in [0.15, 0.2) is 5.82 Å². The van der Waals surface area contributed by atoms with E-state index in [-0.39, 0.29) is 5.91 Å². The van der Waals surface area contributed by atoms with Crippen molar-refractivity contribution in [2.24, 2.45) is 0 Å². The second-order valence-corrected chi connectivity index (χ2v) is 5.77. The number of hydrogen-bond acceptors (Lipinski definition) is 5. The topological polar surface area (TPSA) is 75.9 Å². The van der Waals surface area contributed by atoms with E-state index in [1.165, 1.54) is 0 Å². The Hall–Kier alpha value is -2.28. The third kappa shape index (κ3) is 1.77. The van der Waals surface area contributed by atoms with Crippen LogP contribution in [0.1, 0.15) is 29.0 Å². The van der Waals surface area contributed by atoms with Gasteiger partial charge in [-0.1, -0.05) is 12.1 Å². The molecule has 108 valence electrons. The summed E-state index contributed by atoms with van der Waals surface area (Å²) >= 11 is 0. The third-order valence-electron chi connectivity index (χ3n) is 4.47. The molecule has 7 nitrogen and oxygen atoms in total. The van der Waals surface area contributed by atoms with Gasteiger partial charge in [0.2, 0.25) is 0 Å². The highest BCUT2D eigenvalue weighted by molar-refractivity contribution is 5.98. The van der Waals surface area contributed by atoms with Crippen molar-refractivity contribution in [2.45, 2.75) is 18.4 Å². The van der Waals surface area contributed by atoms with Crippen LogP contribution >= 0.6 is 0 Å². The Morgan fingerprint density at radius 3 is 2.81 bits per heavy atom. The molecule has 7 heteroatoms. The maximum absolute atomic E-state index is 12.6. The van der Waals surface area contributed by atoms with Gasteiger partial charge in [-0.05, 0) is 42.4 Å². The molecule has 0 bridgehead atoms. The lowest BCUT2D eigenvalue weighted by molar-refractivity contribution is 0.0820. The van der Waals surface area contributed by atoms with Crippen molar-refractivity contribution in [1.29, 1.82) is 0 Å². The summed E-state index contributed by atoms with van der Waals surface area (Å²) in [6.45, 7) is 1.81. The molecule has 0 aliphatic carbocycles. The fourth-order valence-electron chi connectivity index (χ4n) is 3.19. The van der Waals surface area contributed by atoms with Gasteiger partial charge in [0.25, 0.3) is 5.91 Å². The summed E-state index contributed by atoms with van der Waals surface area (Å²) in [5.74, 6) is 0.663. The molecule has 1 amide bonds. The van der Waals surface area contributed by atoms with E-state index in [9.17, 15) is 4.79 Å². The fourth-order valence-corrected chi connectivity index (χ4v) is 3.19. The molecule has 0 atom stereocenters. The van der Waals surface area contributed by atoms with Gasteiger partial charge in [-0.25, -0.2) is 0 Å². The SMILES string of the molecule is CN1CCC2(CC1)NC(=O)c1ccccc1-n1nnnc12. The molecule has 1 N–H and O–H groups in total. The van der Waals surface area contributed by atoms with Crippen molar-refractivity contribution in [1.82, 2.24) is 30.4 Å². The number of nitrogens with one attached hydrogen (secondary N) is 1. The van der Waals surface area contributed by atoms with Crippen LogP contribution in [0.4, 0.5) is 0 Å². The van der Waals surface area contributed by atoms with Crippen LogP contribution in [0, 0.1) is 0 Å². The van der Waals surface area contributed by atoms with E-state index >= 15 is 0 Å². The lowest BCUT2D eigenvalue weighted by Gasteiger charge is -2.38. The first-order valence-corrected chi connectivity index (χ1v) is 7.09. The fraction of sp³-hybridized carbons (Fsp3) is 0.429. The minimum atomic E-state index is -0.480. The third-order valence-corrected chi connectivity index (χ3v) is 4.47. The normalized spacial score (nSPS) is 20.5. The van der Waals surface area contributed by atoms with Crippen LogP contribution in [0.5, 0.6) is 0 Å². The number of rotatable bonds is 0. The summed E-state index contributed by atoms with van der Waals surface area (Å²) in [4.78, 5) is 14.9. The molecule has 21 heavy (non-hydrogen) atoms. The predicted octanol–water partition coefficient (Wildman–Crippen LogP) is 0.327. The van der Waals surface area contributed by atoms with E-state index in [0.29, 0.717) is 5.56 Å². The number of likely N-dealkylation sites (tertiary alicyclic amines) is 1. The van der Waals surface area contributed by atoms with Crippen molar-refractivity contribution in [3.63, 3.8) is 0 Å². The zero-order valence-corrected chi connectivity index (χ0v) is 11.8. The quantitative estimate of drug-likeness (QED) is 0.754. The number of carbonyl (C=O) groups excluding carboxylic acids is 1. The smallest absolute Gasteiger partial charge is 0.254 e. The van der Waals surface area contributed by atoms with E-state index in [2.05, 4.69) is 32.8 Å². The van der Waals surface area contributed by atoms with Crippen LogP contribution < -0.4 is 5.32 Å². The monoisotopic (exact) mass is 284 g/mol. The molecule has 0 saturated carbocycles. The molecule has 1 aromatic carbocycles. The Kier molecular flexibility index (Phi) is 2.58. The molecule has 2 aliphatic heterocycles. The van der Waals surface area contributed by atoms with Crippen LogP contribution in [-0.2, 0) is 5.54 Å². The van der Waals surface area contributed by atoms with Crippen molar-refractivity contribution in [3.05, 3.63) is 35.7 Å². The number of fused-ring (bicyclic) bond motifs is 4. The first kappa shape index (κ1) is 12.5. The molecule has 3 heterocycles. The molecule has 1 fully saturated rings. The lowest BCUT2D eigenvalue weighted by Crippen LogP contribution is -2.52. The highest BCUT2D eigenvalue weighted by Gasteiger charge is 2.44. The Labute approximate surface area is 121 Å². The number of hydrogen-bond donors (Lipinski definition) is 1. The Balaban J connectivity index is 1.90. The standard InChI is InChI=1S/C14H16N6O/c1-19-8-6-14(7-9-19)13-16-17-18-20(13)11-5-3-2-4-10(11)12(21)15-14/h2-5H,6-9H2,1H3,(H,15,21). The number of nitrogens with zero attached hydrogens (tertiary/aromatic N) is 5. The number of aromatic nitrogens is 4. The van der Waals surface area contributed by atoms with Crippen molar-refractivity contribution in [3.8, 4) is 5.69 Å². The maximum atomic E-state index is 12.6. The zero-order chi connectivity index (χ0) is 14.4. The first-order valence-electron chi connectivity index (χ1n) is 7.09. The molecule has 2 aliphatic rings. The van der Waals surface area contributed by atoms with Crippen molar-refractivity contribution < 1.29 is 4.79 Å². The zero-order valence-electron chi connectivity index (χ0n) is 11.8. The summed E-state index contributed by atoms with van der Waals surface area (Å²) < 4.78 is 1.71. The van der Waals surface area contributed by atoms with Crippen LogP contribution in [0.15, 0.2) is 24.3 Å². The molecule has 1 aromatic heterocycles. The van der Waals surface area contributed by atoms with Crippen LogP contribution in [0.25, 0.3) is 5.69 Å². The number of amides is 1. The summed E-state index contributed by atoms with van der Waals surface area (Å²) in [6, 6.07) is 7.44. The van der Waals surface area contributed by atoms with E-state index in [4.69, 9.17) is 0 Å². The lowest BCUT2D eigenvalue weighted by atomic mass is 9.86. The number of benzene rings is 1. The molecule has 0 unspecified atom stereocenters. The van der Waals surface area contributed by atoms with Gasteiger partial charge >= 0.3 is 0 Å². The van der Waals surface area contributed by atoms with Gasteiger partial charge < -0.3 is 10.2 Å². The summed E-state index contributed by atoms with van der Waals surface area (Å²) in [7, 11) is 2.09. The summed E-state index contributed by atoms with van der Waals surface area (Å²) in [5, 5.41) is 15.4. The maximum Gasteiger partial charge on any atom is 0.254 e. The minimum Gasteiger partial charge on any atom is -0.339 e. The Bertz CT molecular complexity index is 701. The highest BCUT2D eigenvalue weighted by Crippen LogP contribution is 2.35. The molecule has 0 radical (unpaired) electrons. The van der Waals surface area contributed by atoms with E-state index < -0.39 is 5.54 Å². The van der Waals surface area contributed by atoms with Gasteiger partial charge in [0, 0.05) is 13.1 Å². The van der Waals surface area contributed by atoms with Gasteiger partial charge in [-0.15, -0.1) is 5.10 Å². The van der Waals surface area contributed by atoms with Crippen molar-refractivity contribution in [2.75, 3.05) is 20.1 Å². The summed E-state index contributed by atoms with van der Waals surface area (Å²) in [5.41, 5.74) is 0.874. The van der Waals surface area contributed by atoms with Gasteiger partial charge in [-0.3, -0.25) is 4.79 Å². The first-order chi connectivity index (χ1) is 10.2. The van der Waals surface area contributed by atoms with Gasteiger partial charge in [0.1, 0.15) is 5.54 Å². The number of tetrazole rings is 1.